The number of likely N-dealkylation sites (tertiary alicyclic amines) is 1. The van der Waals surface area contributed by atoms with Crippen molar-refractivity contribution in [1.29, 1.82) is 0 Å². The molecule has 4 heterocycles. The molecule has 0 unspecified atom stereocenters. The molecule has 2 aromatic heterocycles. The van der Waals surface area contributed by atoms with Crippen molar-refractivity contribution in [3.8, 4) is 0 Å². The summed E-state index contributed by atoms with van der Waals surface area (Å²) in [6, 6.07) is 7.95. The quantitative estimate of drug-likeness (QED) is 0.901. The van der Waals surface area contributed by atoms with Crippen molar-refractivity contribution in [2.75, 3.05) is 25.0 Å². The van der Waals surface area contributed by atoms with Gasteiger partial charge in [-0.2, -0.15) is 0 Å². The first-order valence-corrected chi connectivity index (χ1v) is 9.18. The number of aromatic nitrogens is 2. The number of anilines is 1. The van der Waals surface area contributed by atoms with Gasteiger partial charge < -0.3 is 14.6 Å². The van der Waals surface area contributed by atoms with Crippen LogP contribution in [0.25, 0.3) is 0 Å². The van der Waals surface area contributed by atoms with Crippen molar-refractivity contribution >= 4 is 5.82 Å². The smallest absolute Gasteiger partial charge is 0.133 e. The molecule has 2 aliphatic heterocycles. The molecule has 2 aliphatic rings. The van der Waals surface area contributed by atoms with Gasteiger partial charge in [-0.3, -0.25) is 4.90 Å². The number of rotatable bonds is 5. The average molecular weight is 342 g/mol. The van der Waals surface area contributed by atoms with Gasteiger partial charge in [-0.25, -0.2) is 4.98 Å². The summed E-state index contributed by atoms with van der Waals surface area (Å²) in [4.78, 5) is 6.76. The van der Waals surface area contributed by atoms with Crippen LogP contribution in [0, 0.1) is 6.92 Å². The van der Waals surface area contributed by atoms with Crippen LogP contribution >= 0.6 is 0 Å². The molecule has 25 heavy (non-hydrogen) atoms. The van der Waals surface area contributed by atoms with Crippen LogP contribution in [-0.2, 0) is 11.3 Å². The molecule has 2 saturated heterocycles. The van der Waals surface area contributed by atoms with Crippen molar-refractivity contribution in [2.45, 2.75) is 50.9 Å². The van der Waals surface area contributed by atoms with Crippen molar-refractivity contribution < 1.29 is 9.26 Å². The van der Waals surface area contributed by atoms with Crippen LogP contribution in [-0.4, -0.2) is 46.4 Å². The summed E-state index contributed by atoms with van der Waals surface area (Å²) in [5.74, 6) is 1.79. The maximum absolute atomic E-state index is 6.55. The Morgan fingerprint density at radius 1 is 1.36 bits per heavy atom. The minimum absolute atomic E-state index is 0.00743. The summed E-state index contributed by atoms with van der Waals surface area (Å²) in [6.07, 6.45) is 6.66. The maximum Gasteiger partial charge on any atom is 0.133 e. The zero-order valence-corrected chi connectivity index (χ0v) is 14.8. The molecule has 2 atom stereocenters. The van der Waals surface area contributed by atoms with Crippen LogP contribution in [0.3, 0.4) is 0 Å². The zero-order chi connectivity index (χ0) is 17.1. The zero-order valence-electron chi connectivity index (χ0n) is 14.8. The summed E-state index contributed by atoms with van der Waals surface area (Å²) < 4.78 is 11.7. The Labute approximate surface area is 148 Å². The maximum atomic E-state index is 6.55. The van der Waals surface area contributed by atoms with E-state index < -0.39 is 0 Å². The Morgan fingerprint density at radius 2 is 2.32 bits per heavy atom. The number of aryl methyl sites for hydroxylation is 1. The molecule has 2 aromatic rings. The minimum atomic E-state index is 0.00743. The first-order chi connectivity index (χ1) is 12.2. The Hall–Kier alpha value is -1.92. The van der Waals surface area contributed by atoms with Crippen LogP contribution in [0.5, 0.6) is 0 Å². The van der Waals surface area contributed by atoms with E-state index in [0.29, 0.717) is 0 Å². The van der Waals surface area contributed by atoms with Gasteiger partial charge >= 0.3 is 0 Å². The van der Waals surface area contributed by atoms with Gasteiger partial charge in [0.1, 0.15) is 11.6 Å². The molecule has 6 heteroatoms. The normalized spacial score (nSPS) is 27.0. The first-order valence-electron chi connectivity index (χ1n) is 9.18. The van der Waals surface area contributed by atoms with Crippen molar-refractivity contribution in [3.05, 3.63) is 41.9 Å². The van der Waals surface area contributed by atoms with Gasteiger partial charge in [0.15, 0.2) is 0 Å². The Balaban J connectivity index is 1.31. The molecule has 1 N–H and O–H groups in total. The standard InChI is InChI=1S/C19H26N4O2/c1-15-11-16(22-25-15)13-23-10-8-19(14-23)7-4-5-17(24-19)12-21-18-6-2-3-9-20-18/h2-3,6,9,11,17H,4-5,7-8,10,12-14H2,1H3,(H,20,21)/t17-,19+/m1/s1. The summed E-state index contributed by atoms with van der Waals surface area (Å²) in [6.45, 7) is 5.65. The second kappa shape index (κ2) is 7.14. The highest BCUT2D eigenvalue weighted by Gasteiger charge is 2.42. The van der Waals surface area contributed by atoms with E-state index in [-0.39, 0.29) is 11.7 Å². The van der Waals surface area contributed by atoms with Crippen molar-refractivity contribution in [2.24, 2.45) is 0 Å². The summed E-state index contributed by atoms with van der Waals surface area (Å²) in [5, 5.41) is 7.52. The summed E-state index contributed by atoms with van der Waals surface area (Å²) >= 11 is 0. The van der Waals surface area contributed by atoms with E-state index in [1.807, 2.05) is 37.4 Å². The molecule has 0 aliphatic carbocycles. The molecule has 0 amide bonds. The van der Waals surface area contributed by atoms with Crippen LogP contribution in [0.4, 0.5) is 5.82 Å². The highest BCUT2D eigenvalue weighted by molar-refractivity contribution is 5.33. The van der Waals surface area contributed by atoms with Crippen molar-refractivity contribution in [1.82, 2.24) is 15.0 Å². The fourth-order valence-corrected chi connectivity index (χ4v) is 4.04. The van der Waals surface area contributed by atoms with Crippen LogP contribution in [0.2, 0.25) is 0 Å². The van der Waals surface area contributed by atoms with E-state index in [2.05, 4.69) is 20.4 Å². The third-order valence-corrected chi connectivity index (χ3v) is 5.21. The lowest BCUT2D eigenvalue weighted by atomic mass is 9.90. The van der Waals surface area contributed by atoms with E-state index in [0.717, 1.165) is 62.7 Å². The summed E-state index contributed by atoms with van der Waals surface area (Å²) in [5.41, 5.74) is 1.02. The SMILES string of the molecule is Cc1cc(CN2CC[C@@]3(CCC[C@H](CNc4ccccn4)O3)C2)no1. The fraction of sp³-hybridized carbons (Fsp3) is 0.579. The molecule has 4 rings (SSSR count). The summed E-state index contributed by atoms with van der Waals surface area (Å²) in [7, 11) is 0. The first kappa shape index (κ1) is 16.5. The Bertz CT molecular complexity index is 690. The van der Waals surface area contributed by atoms with E-state index in [4.69, 9.17) is 9.26 Å². The van der Waals surface area contributed by atoms with Gasteiger partial charge in [0.25, 0.3) is 0 Å². The van der Waals surface area contributed by atoms with E-state index >= 15 is 0 Å². The lowest BCUT2D eigenvalue weighted by molar-refractivity contribution is -0.115. The van der Waals surface area contributed by atoms with E-state index in [9.17, 15) is 0 Å². The van der Waals surface area contributed by atoms with Crippen LogP contribution in [0.1, 0.15) is 37.1 Å². The predicted octanol–water partition coefficient (Wildman–Crippen LogP) is 3.00. The van der Waals surface area contributed by atoms with E-state index in [1.165, 1.54) is 6.42 Å². The Kier molecular flexibility index (Phi) is 4.72. The highest BCUT2D eigenvalue weighted by Crippen LogP contribution is 2.37. The monoisotopic (exact) mass is 342 g/mol. The van der Waals surface area contributed by atoms with Gasteiger partial charge in [-0.05, 0) is 44.7 Å². The second-order valence-corrected chi connectivity index (χ2v) is 7.30. The molecular formula is C19H26N4O2. The molecule has 0 saturated carbocycles. The highest BCUT2D eigenvalue weighted by atomic mass is 16.5. The van der Waals surface area contributed by atoms with Gasteiger partial charge in [0, 0.05) is 38.4 Å². The van der Waals surface area contributed by atoms with Crippen molar-refractivity contribution in [3.63, 3.8) is 0 Å². The lowest BCUT2D eigenvalue weighted by Crippen LogP contribution is -2.45. The van der Waals surface area contributed by atoms with Gasteiger partial charge in [-0.1, -0.05) is 11.2 Å². The number of hydrogen-bond acceptors (Lipinski definition) is 6. The number of pyridine rings is 1. The van der Waals surface area contributed by atoms with Crippen LogP contribution < -0.4 is 5.32 Å². The van der Waals surface area contributed by atoms with Gasteiger partial charge in [-0.15, -0.1) is 0 Å². The molecule has 0 aromatic carbocycles. The predicted molar refractivity (Wildman–Crippen MR) is 95.3 cm³/mol. The molecule has 134 valence electrons. The number of nitrogens with zero attached hydrogens (tertiary/aromatic N) is 3. The molecule has 0 bridgehead atoms. The van der Waals surface area contributed by atoms with E-state index in [1.54, 1.807) is 0 Å². The number of ether oxygens (including phenoxy) is 1. The third-order valence-electron chi connectivity index (χ3n) is 5.21. The minimum Gasteiger partial charge on any atom is -0.369 e. The second-order valence-electron chi connectivity index (χ2n) is 7.30. The number of nitrogens with one attached hydrogen (secondary N) is 1. The molecule has 6 nitrogen and oxygen atoms in total. The van der Waals surface area contributed by atoms with Gasteiger partial charge in [0.05, 0.1) is 17.4 Å². The molecule has 0 radical (unpaired) electrons. The number of hydrogen-bond donors (Lipinski definition) is 1. The van der Waals surface area contributed by atoms with Gasteiger partial charge in [0.2, 0.25) is 0 Å². The topological polar surface area (TPSA) is 63.4 Å². The Morgan fingerprint density at radius 3 is 3.12 bits per heavy atom. The molecular weight excluding hydrogens is 316 g/mol. The largest absolute Gasteiger partial charge is 0.369 e. The average Bonchev–Trinajstić information content (AvgIpc) is 3.21. The lowest BCUT2D eigenvalue weighted by Gasteiger charge is -2.39. The van der Waals surface area contributed by atoms with Crippen LogP contribution in [0.15, 0.2) is 35.0 Å². The molecule has 1 spiro atoms. The molecule has 2 fully saturated rings. The third kappa shape index (κ3) is 4.02. The fourth-order valence-electron chi connectivity index (χ4n) is 4.04.